The molecule has 25 heavy (non-hydrogen) atoms. The first-order valence-electron chi connectivity index (χ1n) is 8.08. The molecule has 0 radical (unpaired) electrons. The van der Waals surface area contributed by atoms with Crippen molar-refractivity contribution in [2.24, 2.45) is 0 Å². The minimum absolute atomic E-state index is 0. The summed E-state index contributed by atoms with van der Waals surface area (Å²) in [6.07, 6.45) is 1.95. The van der Waals surface area contributed by atoms with E-state index in [1.807, 2.05) is 0 Å². The van der Waals surface area contributed by atoms with Crippen LogP contribution >= 0.6 is 12.4 Å². The third kappa shape index (κ3) is 3.54. The van der Waals surface area contributed by atoms with E-state index in [2.05, 4.69) is 10.0 Å². The molecule has 1 saturated heterocycles. The van der Waals surface area contributed by atoms with E-state index in [0.29, 0.717) is 25.1 Å². The smallest absolute Gasteiger partial charge is 0.259 e. The van der Waals surface area contributed by atoms with E-state index in [1.165, 1.54) is 7.05 Å². The van der Waals surface area contributed by atoms with Crippen LogP contribution in [0.5, 0.6) is 0 Å². The van der Waals surface area contributed by atoms with E-state index >= 15 is 0 Å². The Morgan fingerprint density at radius 3 is 2.60 bits per heavy atom. The van der Waals surface area contributed by atoms with Crippen molar-refractivity contribution in [2.75, 3.05) is 38.7 Å². The van der Waals surface area contributed by atoms with Gasteiger partial charge in [-0.2, -0.15) is 0 Å². The molecule has 0 bridgehead atoms. The lowest BCUT2D eigenvalue weighted by Gasteiger charge is -2.37. The maximum absolute atomic E-state index is 13.2. The molecule has 1 fully saturated rings. The lowest BCUT2D eigenvalue weighted by atomic mass is 9.90. The highest BCUT2D eigenvalue weighted by Gasteiger charge is 2.44. The summed E-state index contributed by atoms with van der Waals surface area (Å²) in [7, 11) is -0.597. The van der Waals surface area contributed by atoms with E-state index in [0.717, 1.165) is 25.1 Å². The van der Waals surface area contributed by atoms with Gasteiger partial charge in [-0.15, -0.1) is 12.4 Å². The predicted molar refractivity (Wildman–Crippen MR) is 97.8 cm³/mol. The molecule has 140 valence electrons. The number of sulfonamides is 1. The Morgan fingerprint density at radius 1 is 1.32 bits per heavy atom. The van der Waals surface area contributed by atoms with Crippen LogP contribution in [-0.2, 0) is 26.0 Å². The van der Waals surface area contributed by atoms with Crippen molar-refractivity contribution in [3.63, 3.8) is 0 Å². The zero-order chi connectivity index (χ0) is 17.4. The highest BCUT2D eigenvalue weighted by molar-refractivity contribution is 7.89. The number of carbonyl (C=O) groups excluding carboxylic acids is 1. The van der Waals surface area contributed by atoms with Gasteiger partial charge >= 0.3 is 0 Å². The van der Waals surface area contributed by atoms with Crippen LogP contribution in [0.4, 0.5) is 5.69 Å². The Morgan fingerprint density at radius 2 is 2.00 bits per heavy atom. The minimum atomic E-state index is -3.54. The zero-order valence-corrected chi connectivity index (χ0v) is 16.0. The number of nitrogens with one attached hydrogen (secondary N) is 2. The second kappa shape index (κ2) is 7.59. The number of amides is 1. The average Bonchev–Trinajstić information content (AvgIpc) is 3.04. The van der Waals surface area contributed by atoms with Crippen molar-refractivity contribution >= 4 is 34.0 Å². The van der Waals surface area contributed by atoms with Crippen LogP contribution in [0.25, 0.3) is 0 Å². The number of anilines is 1. The van der Waals surface area contributed by atoms with Crippen LogP contribution < -0.4 is 14.9 Å². The summed E-state index contributed by atoms with van der Waals surface area (Å²) in [5, 5.41) is 3.24. The summed E-state index contributed by atoms with van der Waals surface area (Å²) >= 11 is 0. The molecule has 1 aromatic carbocycles. The van der Waals surface area contributed by atoms with Gasteiger partial charge in [-0.3, -0.25) is 4.79 Å². The fourth-order valence-corrected chi connectivity index (χ4v) is 4.19. The van der Waals surface area contributed by atoms with Gasteiger partial charge in [0.15, 0.2) is 0 Å². The summed E-state index contributed by atoms with van der Waals surface area (Å²) in [5.74, 6) is -0.0794. The third-order valence-electron chi connectivity index (χ3n) is 4.97. The Hall–Kier alpha value is -1.19. The van der Waals surface area contributed by atoms with Crippen molar-refractivity contribution in [1.29, 1.82) is 0 Å². The summed E-state index contributed by atoms with van der Waals surface area (Å²) in [6, 6.07) is 4.94. The number of nitrogens with zero attached hydrogens (tertiary/aromatic N) is 1. The maximum Gasteiger partial charge on any atom is 0.259 e. The Labute approximate surface area is 154 Å². The van der Waals surface area contributed by atoms with Crippen LogP contribution in [-0.4, -0.2) is 53.7 Å². The molecule has 2 aliphatic rings. The largest absolute Gasteiger partial charge is 0.368 e. The number of methoxy groups -OCH3 is 1. The van der Waals surface area contributed by atoms with Crippen LogP contribution in [0.1, 0.15) is 18.4 Å². The van der Waals surface area contributed by atoms with Crippen molar-refractivity contribution in [2.45, 2.75) is 29.8 Å². The van der Waals surface area contributed by atoms with Crippen LogP contribution in [0.15, 0.2) is 23.1 Å². The van der Waals surface area contributed by atoms with Crippen LogP contribution in [0.2, 0.25) is 0 Å². The number of ether oxygens (including phenoxy) is 1. The molecule has 2 N–H and O–H groups in total. The molecule has 0 spiro atoms. The summed E-state index contributed by atoms with van der Waals surface area (Å²) in [5.41, 5.74) is 0.829. The lowest BCUT2D eigenvalue weighted by Crippen LogP contribution is -2.55. The van der Waals surface area contributed by atoms with Crippen molar-refractivity contribution < 1.29 is 17.9 Å². The zero-order valence-electron chi connectivity index (χ0n) is 14.4. The number of halogens is 1. The Balaban J connectivity index is 0.00000225. The molecule has 0 saturated carbocycles. The normalized spacial score (nSPS) is 19.2. The monoisotopic (exact) mass is 389 g/mol. The van der Waals surface area contributed by atoms with Gasteiger partial charge in [0.25, 0.3) is 5.91 Å². The average molecular weight is 390 g/mol. The quantitative estimate of drug-likeness (QED) is 0.790. The summed E-state index contributed by atoms with van der Waals surface area (Å²) in [6.45, 7) is 2.01. The molecule has 7 nitrogen and oxygen atoms in total. The van der Waals surface area contributed by atoms with Crippen molar-refractivity contribution in [1.82, 2.24) is 10.0 Å². The standard InChI is InChI=1S/C16H23N3O4S.ClH/c1-17-24(21,22)13-4-3-12-5-10-19(14(12)11-13)15(20)16(23-2)6-8-18-9-7-16;/h3-4,11,17-18H,5-10H2,1-2H3;1H. The van der Waals surface area contributed by atoms with Crippen molar-refractivity contribution in [3.05, 3.63) is 23.8 Å². The van der Waals surface area contributed by atoms with Gasteiger partial charge in [-0.1, -0.05) is 6.07 Å². The number of benzene rings is 1. The predicted octanol–water partition coefficient (Wildman–Crippen LogP) is 0.674. The van der Waals surface area contributed by atoms with Gasteiger partial charge in [0.2, 0.25) is 10.0 Å². The van der Waals surface area contributed by atoms with Gasteiger partial charge in [-0.25, -0.2) is 13.1 Å². The Bertz CT molecular complexity index is 748. The van der Waals surface area contributed by atoms with Gasteiger partial charge in [0.05, 0.1) is 4.90 Å². The van der Waals surface area contributed by atoms with Crippen LogP contribution in [0, 0.1) is 0 Å². The Kier molecular flexibility index (Phi) is 6.11. The molecule has 0 aliphatic carbocycles. The topological polar surface area (TPSA) is 87.7 Å². The minimum Gasteiger partial charge on any atom is -0.368 e. The third-order valence-corrected chi connectivity index (χ3v) is 6.38. The lowest BCUT2D eigenvalue weighted by molar-refractivity contribution is -0.143. The number of rotatable bonds is 4. The number of fused-ring (bicyclic) bond motifs is 1. The summed E-state index contributed by atoms with van der Waals surface area (Å²) < 4.78 is 32.0. The van der Waals surface area contributed by atoms with E-state index < -0.39 is 15.6 Å². The highest BCUT2D eigenvalue weighted by Crippen LogP contribution is 2.35. The van der Waals surface area contributed by atoms with Crippen LogP contribution in [0.3, 0.4) is 0 Å². The molecule has 2 heterocycles. The molecular formula is C16H24ClN3O4S. The van der Waals surface area contributed by atoms with E-state index in [1.54, 1.807) is 30.2 Å². The summed E-state index contributed by atoms with van der Waals surface area (Å²) in [4.78, 5) is 15.0. The second-order valence-electron chi connectivity index (χ2n) is 6.15. The molecule has 0 atom stereocenters. The number of hydrogen-bond acceptors (Lipinski definition) is 5. The van der Waals surface area contributed by atoms with Gasteiger partial charge in [0, 0.05) is 19.3 Å². The maximum atomic E-state index is 13.2. The number of hydrogen-bond donors (Lipinski definition) is 2. The second-order valence-corrected chi connectivity index (χ2v) is 8.04. The molecule has 0 aromatic heterocycles. The fourth-order valence-electron chi connectivity index (χ4n) is 3.44. The fraction of sp³-hybridized carbons (Fsp3) is 0.562. The molecule has 3 rings (SSSR count). The molecular weight excluding hydrogens is 366 g/mol. The first kappa shape index (κ1) is 20.1. The number of piperidine rings is 1. The first-order chi connectivity index (χ1) is 11.4. The van der Waals surface area contributed by atoms with E-state index in [4.69, 9.17) is 4.74 Å². The molecule has 0 unspecified atom stereocenters. The van der Waals surface area contributed by atoms with E-state index in [9.17, 15) is 13.2 Å². The van der Waals surface area contributed by atoms with Gasteiger partial charge in [-0.05, 0) is 57.1 Å². The number of carbonyl (C=O) groups is 1. The van der Waals surface area contributed by atoms with E-state index in [-0.39, 0.29) is 23.2 Å². The highest BCUT2D eigenvalue weighted by atomic mass is 35.5. The molecule has 1 amide bonds. The van der Waals surface area contributed by atoms with Gasteiger partial charge < -0.3 is 15.0 Å². The molecule has 9 heteroatoms. The molecule has 2 aliphatic heterocycles. The van der Waals surface area contributed by atoms with Gasteiger partial charge in [0.1, 0.15) is 5.60 Å². The van der Waals surface area contributed by atoms with Crippen molar-refractivity contribution in [3.8, 4) is 0 Å². The first-order valence-corrected chi connectivity index (χ1v) is 9.56. The SMILES string of the molecule is CNS(=O)(=O)c1ccc2c(c1)N(C(=O)C1(OC)CCNCC1)CC2.Cl. The molecule has 1 aromatic rings.